The Balaban J connectivity index is 2.34. The Morgan fingerprint density at radius 1 is 1.54 bits per heavy atom. The highest BCUT2D eigenvalue weighted by atomic mass is 15.1. The quantitative estimate of drug-likeness (QED) is 0.667. The van der Waals surface area contributed by atoms with Crippen molar-refractivity contribution < 1.29 is 0 Å². The van der Waals surface area contributed by atoms with Crippen LogP contribution in [-0.4, -0.2) is 24.5 Å². The smallest absolute Gasteiger partial charge is 0.0635 e. The molecule has 13 heavy (non-hydrogen) atoms. The van der Waals surface area contributed by atoms with Gasteiger partial charge < -0.3 is 4.90 Å². The first-order valence-electron chi connectivity index (χ1n) is 5.12. The third kappa shape index (κ3) is 3.00. The van der Waals surface area contributed by atoms with Gasteiger partial charge in [-0.25, -0.2) is 0 Å². The van der Waals surface area contributed by atoms with E-state index in [1.54, 1.807) is 0 Å². The van der Waals surface area contributed by atoms with Crippen LogP contribution < -0.4 is 0 Å². The topological polar surface area (TPSA) is 27.0 Å². The van der Waals surface area contributed by atoms with E-state index in [1.807, 2.05) is 0 Å². The summed E-state index contributed by atoms with van der Waals surface area (Å²) in [7, 11) is 2.14. The van der Waals surface area contributed by atoms with Crippen LogP contribution in [0, 0.1) is 16.7 Å². The number of hydrogen-bond donors (Lipinski definition) is 0. The Kier molecular flexibility index (Phi) is 3.33. The summed E-state index contributed by atoms with van der Waals surface area (Å²) in [6, 6.07) is 2.91. The number of nitrogens with zero attached hydrogens (tertiary/aromatic N) is 2. The average molecular weight is 180 g/mol. The molecule has 0 heterocycles. The molecule has 0 N–H and O–H groups in total. The van der Waals surface area contributed by atoms with Crippen molar-refractivity contribution >= 4 is 0 Å². The Hall–Kier alpha value is -0.550. The van der Waals surface area contributed by atoms with Crippen molar-refractivity contribution in [1.29, 1.82) is 5.26 Å². The molecule has 1 aliphatic rings. The van der Waals surface area contributed by atoms with E-state index in [0.717, 1.165) is 6.54 Å². The number of nitriles is 1. The third-order valence-electron chi connectivity index (χ3n) is 3.14. The molecule has 1 saturated carbocycles. The van der Waals surface area contributed by atoms with Crippen LogP contribution >= 0.6 is 0 Å². The fourth-order valence-electron chi connectivity index (χ4n) is 2.18. The minimum Gasteiger partial charge on any atom is -0.302 e. The molecular formula is C11H20N2. The Morgan fingerprint density at radius 2 is 2.23 bits per heavy atom. The second-order valence-corrected chi connectivity index (χ2v) is 4.95. The fourth-order valence-corrected chi connectivity index (χ4v) is 2.18. The van der Waals surface area contributed by atoms with Gasteiger partial charge in [-0.05, 0) is 31.7 Å². The van der Waals surface area contributed by atoms with Crippen molar-refractivity contribution in [2.45, 2.75) is 45.6 Å². The predicted octanol–water partition coefficient (Wildman–Crippen LogP) is 2.41. The second-order valence-electron chi connectivity index (χ2n) is 4.95. The average Bonchev–Trinajstić information content (AvgIpc) is 2.42. The summed E-state index contributed by atoms with van der Waals surface area (Å²) in [6.07, 6.45) is 4.58. The summed E-state index contributed by atoms with van der Waals surface area (Å²) < 4.78 is 0. The van der Waals surface area contributed by atoms with Gasteiger partial charge in [0.05, 0.1) is 6.07 Å². The maximum Gasteiger partial charge on any atom is 0.0635 e. The minimum absolute atomic E-state index is 0.519. The first kappa shape index (κ1) is 10.5. The first-order chi connectivity index (χ1) is 6.05. The van der Waals surface area contributed by atoms with Gasteiger partial charge >= 0.3 is 0 Å². The number of hydrogen-bond acceptors (Lipinski definition) is 2. The molecule has 1 fully saturated rings. The molecule has 0 aromatic heterocycles. The van der Waals surface area contributed by atoms with Crippen molar-refractivity contribution in [2.75, 3.05) is 13.6 Å². The van der Waals surface area contributed by atoms with Crippen LogP contribution in [0.2, 0.25) is 0 Å². The van der Waals surface area contributed by atoms with Crippen LogP contribution in [0.4, 0.5) is 0 Å². The van der Waals surface area contributed by atoms with Gasteiger partial charge in [0.15, 0.2) is 0 Å². The molecule has 0 radical (unpaired) electrons. The van der Waals surface area contributed by atoms with E-state index in [0.29, 0.717) is 17.9 Å². The second kappa shape index (κ2) is 4.11. The van der Waals surface area contributed by atoms with Gasteiger partial charge in [0.25, 0.3) is 0 Å². The SMILES string of the molecule is CN(CCC#N)C1CCC(C)(C)C1. The standard InChI is InChI=1S/C11H20N2/c1-11(2)6-5-10(9-11)13(3)8-4-7-12/h10H,4-6,8-9H2,1-3H3. The summed E-state index contributed by atoms with van der Waals surface area (Å²) in [6.45, 7) is 5.60. The van der Waals surface area contributed by atoms with Gasteiger partial charge in [-0.1, -0.05) is 13.8 Å². The molecule has 2 nitrogen and oxygen atoms in total. The summed E-state index contributed by atoms with van der Waals surface area (Å²) >= 11 is 0. The van der Waals surface area contributed by atoms with E-state index in [2.05, 4.69) is 31.9 Å². The van der Waals surface area contributed by atoms with Crippen molar-refractivity contribution in [3.63, 3.8) is 0 Å². The maximum atomic E-state index is 8.48. The monoisotopic (exact) mass is 180 g/mol. The highest BCUT2D eigenvalue weighted by Crippen LogP contribution is 2.38. The van der Waals surface area contributed by atoms with Crippen LogP contribution in [0.3, 0.4) is 0 Å². The molecule has 0 spiro atoms. The lowest BCUT2D eigenvalue weighted by Gasteiger charge is -2.24. The summed E-state index contributed by atoms with van der Waals surface area (Å²) in [5.74, 6) is 0. The molecule has 0 bridgehead atoms. The lowest BCUT2D eigenvalue weighted by molar-refractivity contribution is 0.232. The van der Waals surface area contributed by atoms with E-state index in [4.69, 9.17) is 5.26 Å². The van der Waals surface area contributed by atoms with Gasteiger partial charge in [-0.2, -0.15) is 5.26 Å². The zero-order chi connectivity index (χ0) is 9.90. The van der Waals surface area contributed by atoms with Crippen LogP contribution in [0.15, 0.2) is 0 Å². The van der Waals surface area contributed by atoms with Crippen LogP contribution in [0.1, 0.15) is 39.5 Å². The molecule has 0 aromatic carbocycles. The van der Waals surface area contributed by atoms with Crippen LogP contribution in [0.25, 0.3) is 0 Å². The molecule has 0 aromatic rings. The zero-order valence-electron chi connectivity index (χ0n) is 9.01. The van der Waals surface area contributed by atoms with Crippen molar-refractivity contribution in [3.05, 3.63) is 0 Å². The highest BCUT2D eigenvalue weighted by molar-refractivity contribution is 4.87. The lowest BCUT2D eigenvalue weighted by atomic mass is 9.91. The van der Waals surface area contributed by atoms with Gasteiger partial charge in [-0.3, -0.25) is 0 Å². The van der Waals surface area contributed by atoms with E-state index >= 15 is 0 Å². The van der Waals surface area contributed by atoms with E-state index in [9.17, 15) is 0 Å². The van der Waals surface area contributed by atoms with E-state index in [1.165, 1.54) is 19.3 Å². The summed E-state index contributed by atoms with van der Waals surface area (Å²) in [5.41, 5.74) is 0.519. The molecule has 2 heteroatoms. The van der Waals surface area contributed by atoms with E-state index in [-0.39, 0.29) is 0 Å². The normalized spacial score (nSPS) is 26.2. The van der Waals surface area contributed by atoms with Crippen molar-refractivity contribution in [2.24, 2.45) is 5.41 Å². The van der Waals surface area contributed by atoms with Gasteiger partial charge in [-0.15, -0.1) is 0 Å². The summed E-state index contributed by atoms with van der Waals surface area (Å²) in [4.78, 5) is 2.35. The fraction of sp³-hybridized carbons (Fsp3) is 0.909. The number of rotatable bonds is 3. The highest BCUT2D eigenvalue weighted by Gasteiger charge is 2.32. The molecular weight excluding hydrogens is 160 g/mol. The minimum atomic E-state index is 0.519. The van der Waals surface area contributed by atoms with E-state index < -0.39 is 0 Å². The molecule has 1 unspecified atom stereocenters. The lowest BCUT2D eigenvalue weighted by Crippen LogP contribution is -2.30. The van der Waals surface area contributed by atoms with Gasteiger partial charge in [0.1, 0.15) is 0 Å². The van der Waals surface area contributed by atoms with Gasteiger partial charge in [0, 0.05) is 19.0 Å². The molecule has 1 aliphatic carbocycles. The third-order valence-corrected chi connectivity index (χ3v) is 3.14. The predicted molar refractivity (Wildman–Crippen MR) is 54.3 cm³/mol. The molecule has 0 saturated heterocycles. The van der Waals surface area contributed by atoms with Crippen molar-refractivity contribution in [1.82, 2.24) is 4.90 Å². The Labute approximate surface area is 81.5 Å². The largest absolute Gasteiger partial charge is 0.302 e. The molecule has 74 valence electrons. The van der Waals surface area contributed by atoms with Crippen molar-refractivity contribution in [3.8, 4) is 6.07 Å². The van der Waals surface area contributed by atoms with Crippen LogP contribution in [0.5, 0.6) is 0 Å². The molecule has 0 aliphatic heterocycles. The Bertz CT molecular complexity index is 203. The molecule has 1 rings (SSSR count). The Morgan fingerprint density at radius 3 is 2.69 bits per heavy atom. The first-order valence-corrected chi connectivity index (χ1v) is 5.12. The molecule has 1 atom stereocenters. The van der Waals surface area contributed by atoms with Crippen LogP contribution in [-0.2, 0) is 0 Å². The molecule has 0 amide bonds. The zero-order valence-corrected chi connectivity index (χ0v) is 9.01. The summed E-state index contributed by atoms with van der Waals surface area (Å²) in [5, 5.41) is 8.48. The maximum absolute atomic E-state index is 8.48. The van der Waals surface area contributed by atoms with Gasteiger partial charge in [0.2, 0.25) is 0 Å².